The summed E-state index contributed by atoms with van der Waals surface area (Å²) in [6.07, 6.45) is 0. The van der Waals surface area contributed by atoms with Gasteiger partial charge < -0.3 is 9.97 Å². The molecule has 0 radical (unpaired) electrons. The van der Waals surface area contributed by atoms with Gasteiger partial charge in [-0.15, -0.1) is 0 Å². The molecule has 0 aliphatic heterocycles. The van der Waals surface area contributed by atoms with E-state index in [1.807, 2.05) is 18.2 Å². The number of fused-ring (bicyclic) bond motifs is 1. The molecular formula is C14H8Br2N2O2. The van der Waals surface area contributed by atoms with Gasteiger partial charge in [0.1, 0.15) is 0 Å². The molecule has 0 bridgehead atoms. The molecule has 4 nitrogen and oxygen atoms in total. The molecule has 0 unspecified atom stereocenters. The lowest BCUT2D eigenvalue weighted by Gasteiger charge is -2.06. The third kappa shape index (κ3) is 2.25. The molecule has 0 saturated carbocycles. The number of benzene rings is 2. The van der Waals surface area contributed by atoms with Crippen molar-refractivity contribution in [2.75, 3.05) is 0 Å². The smallest absolute Gasteiger partial charge is 0.306 e. The van der Waals surface area contributed by atoms with E-state index in [1.165, 1.54) is 0 Å². The molecule has 0 atom stereocenters. The fourth-order valence-corrected chi connectivity index (χ4v) is 3.01. The van der Waals surface area contributed by atoms with Crippen molar-refractivity contribution in [2.24, 2.45) is 0 Å². The van der Waals surface area contributed by atoms with Gasteiger partial charge in [-0.25, -0.2) is 4.79 Å². The lowest BCUT2D eigenvalue weighted by atomic mass is 10.0. The van der Waals surface area contributed by atoms with Gasteiger partial charge in [-0.3, -0.25) is 4.79 Å². The first-order chi connectivity index (χ1) is 9.56. The van der Waals surface area contributed by atoms with Crippen LogP contribution in [0.15, 0.2) is 50.1 Å². The summed E-state index contributed by atoms with van der Waals surface area (Å²) >= 11 is 6.75. The number of imidazole rings is 1. The molecule has 1 aromatic heterocycles. The van der Waals surface area contributed by atoms with E-state index in [-0.39, 0.29) is 11.5 Å². The molecule has 0 fully saturated rings. The SMILES string of the molecule is O=C(c1ccccc1Br)c1cc2[nH]c(=O)[nH]c2cc1Br. The van der Waals surface area contributed by atoms with Crippen LogP contribution in [-0.2, 0) is 0 Å². The van der Waals surface area contributed by atoms with Crippen molar-refractivity contribution >= 4 is 48.7 Å². The van der Waals surface area contributed by atoms with Gasteiger partial charge in [-0.2, -0.15) is 0 Å². The first-order valence-electron chi connectivity index (χ1n) is 5.77. The number of carbonyl (C=O) groups excluding carboxylic acids is 1. The number of carbonyl (C=O) groups is 1. The molecule has 0 aliphatic carbocycles. The molecule has 2 aromatic carbocycles. The Labute approximate surface area is 130 Å². The fraction of sp³-hybridized carbons (Fsp3) is 0. The Kier molecular flexibility index (Phi) is 3.35. The van der Waals surface area contributed by atoms with E-state index in [2.05, 4.69) is 41.8 Å². The zero-order chi connectivity index (χ0) is 14.3. The summed E-state index contributed by atoms with van der Waals surface area (Å²) in [6.45, 7) is 0. The fourth-order valence-electron chi connectivity index (χ4n) is 2.02. The molecule has 20 heavy (non-hydrogen) atoms. The van der Waals surface area contributed by atoms with E-state index in [0.29, 0.717) is 26.6 Å². The van der Waals surface area contributed by atoms with E-state index in [9.17, 15) is 9.59 Å². The molecule has 3 aromatic rings. The van der Waals surface area contributed by atoms with Crippen LogP contribution < -0.4 is 5.69 Å². The predicted octanol–water partition coefficient (Wildman–Crippen LogP) is 3.61. The summed E-state index contributed by atoms with van der Waals surface area (Å²) in [5.41, 5.74) is 2.04. The van der Waals surface area contributed by atoms with Gasteiger partial charge in [-0.1, -0.05) is 28.1 Å². The Balaban J connectivity index is 2.19. The summed E-state index contributed by atoms with van der Waals surface area (Å²) < 4.78 is 1.38. The Morgan fingerprint density at radius 1 is 0.900 bits per heavy atom. The molecule has 100 valence electrons. The zero-order valence-corrected chi connectivity index (χ0v) is 13.2. The van der Waals surface area contributed by atoms with Crippen molar-refractivity contribution in [3.8, 4) is 0 Å². The minimum atomic E-state index is -0.294. The number of ketones is 1. The number of rotatable bonds is 2. The molecule has 3 rings (SSSR count). The summed E-state index contributed by atoms with van der Waals surface area (Å²) in [4.78, 5) is 29.2. The van der Waals surface area contributed by atoms with Gasteiger partial charge in [0, 0.05) is 20.1 Å². The van der Waals surface area contributed by atoms with Crippen LogP contribution in [0.2, 0.25) is 0 Å². The second-order valence-corrected chi connectivity index (χ2v) is 5.97. The second-order valence-electron chi connectivity index (χ2n) is 4.27. The maximum atomic E-state index is 12.6. The summed E-state index contributed by atoms with van der Waals surface area (Å²) in [6, 6.07) is 10.6. The molecule has 0 aliphatic rings. The van der Waals surface area contributed by atoms with Crippen molar-refractivity contribution in [3.63, 3.8) is 0 Å². The Bertz CT molecular complexity index is 880. The van der Waals surface area contributed by atoms with E-state index in [4.69, 9.17) is 0 Å². The maximum Gasteiger partial charge on any atom is 0.323 e. The standard InChI is InChI=1S/C14H8Br2N2O2/c15-9-4-2-1-3-7(9)13(19)8-5-11-12(6-10(8)16)18-14(20)17-11/h1-6H,(H2,17,18,20). The first kappa shape index (κ1) is 13.3. The lowest BCUT2D eigenvalue weighted by Crippen LogP contribution is -2.03. The highest BCUT2D eigenvalue weighted by Gasteiger charge is 2.16. The van der Waals surface area contributed by atoms with Gasteiger partial charge in [0.2, 0.25) is 0 Å². The van der Waals surface area contributed by atoms with Crippen molar-refractivity contribution in [3.05, 3.63) is 67.0 Å². The maximum absolute atomic E-state index is 12.6. The van der Waals surface area contributed by atoms with Crippen LogP contribution in [0.25, 0.3) is 11.0 Å². The Hall–Kier alpha value is -1.66. The van der Waals surface area contributed by atoms with Gasteiger partial charge in [0.15, 0.2) is 5.78 Å². The summed E-state index contributed by atoms with van der Waals surface area (Å²) in [7, 11) is 0. The van der Waals surface area contributed by atoms with Crippen LogP contribution in [0.4, 0.5) is 0 Å². The Morgan fingerprint density at radius 2 is 1.55 bits per heavy atom. The topological polar surface area (TPSA) is 65.7 Å². The van der Waals surface area contributed by atoms with Crippen LogP contribution in [0.5, 0.6) is 0 Å². The van der Waals surface area contributed by atoms with Crippen molar-refractivity contribution in [1.82, 2.24) is 9.97 Å². The van der Waals surface area contributed by atoms with Crippen LogP contribution in [0, 0.1) is 0 Å². The largest absolute Gasteiger partial charge is 0.323 e. The molecule has 2 N–H and O–H groups in total. The van der Waals surface area contributed by atoms with E-state index < -0.39 is 0 Å². The molecule has 6 heteroatoms. The third-order valence-corrected chi connectivity index (χ3v) is 4.31. The molecule has 1 heterocycles. The van der Waals surface area contributed by atoms with Gasteiger partial charge in [0.05, 0.1) is 11.0 Å². The van der Waals surface area contributed by atoms with Crippen molar-refractivity contribution < 1.29 is 4.79 Å². The lowest BCUT2D eigenvalue weighted by molar-refractivity contribution is 0.103. The minimum absolute atomic E-state index is 0.117. The van der Waals surface area contributed by atoms with Crippen LogP contribution in [-0.4, -0.2) is 15.8 Å². The molecule has 0 saturated heterocycles. The third-order valence-electron chi connectivity index (χ3n) is 2.97. The van der Waals surface area contributed by atoms with E-state index in [0.717, 1.165) is 4.47 Å². The average molecular weight is 396 g/mol. The van der Waals surface area contributed by atoms with Crippen molar-refractivity contribution in [2.45, 2.75) is 0 Å². The number of halogens is 2. The number of nitrogens with one attached hydrogen (secondary N) is 2. The summed E-state index contributed by atoms with van der Waals surface area (Å²) in [5, 5.41) is 0. The van der Waals surface area contributed by atoms with Gasteiger partial charge >= 0.3 is 5.69 Å². The highest BCUT2D eigenvalue weighted by atomic mass is 79.9. The number of H-pyrrole nitrogens is 2. The quantitative estimate of drug-likeness (QED) is 0.651. The number of hydrogen-bond acceptors (Lipinski definition) is 2. The average Bonchev–Trinajstić information content (AvgIpc) is 2.76. The minimum Gasteiger partial charge on any atom is -0.306 e. The van der Waals surface area contributed by atoms with Gasteiger partial charge in [-0.05, 0) is 40.2 Å². The first-order valence-corrected chi connectivity index (χ1v) is 7.35. The number of aromatic amines is 2. The predicted molar refractivity (Wildman–Crippen MR) is 84.2 cm³/mol. The van der Waals surface area contributed by atoms with Crippen LogP contribution >= 0.6 is 31.9 Å². The number of hydrogen-bond donors (Lipinski definition) is 2. The zero-order valence-electron chi connectivity index (χ0n) is 10.0. The van der Waals surface area contributed by atoms with Crippen LogP contribution in [0.3, 0.4) is 0 Å². The molecule has 0 amide bonds. The van der Waals surface area contributed by atoms with E-state index >= 15 is 0 Å². The molecule has 0 spiro atoms. The Morgan fingerprint density at radius 3 is 2.25 bits per heavy atom. The highest BCUT2D eigenvalue weighted by Crippen LogP contribution is 2.27. The summed E-state index contributed by atoms with van der Waals surface area (Å²) in [5.74, 6) is -0.117. The molecular weight excluding hydrogens is 388 g/mol. The van der Waals surface area contributed by atoms with Gasteiger partial charge in [0.25, 0.3) is 0 Å². The van der Waals surface area contributed by atoms with Crippen molar-refractivity contribution in [1.29, 1.82) is 0 Å². The monoisotopic (exact) mass is 394 g/mol. The van der Waals surface area contributed by atoms with E-state index in [1.54, 1.807) is 18.2 Å². The van der Waals surface area contributed by atoms with Crippen LogP contribution in [0.1, 0.15) is 15.9 Å². The highest BCUT2D eigenvalue weighted by molar-refractivity contribution is 9.11. The number of aromatic nitrogens is 2. The second kappa shape index (κ2) is 5.03. The normalized spacial score (nSPS) is 10.9.